The van der Waals surface area contributed by atoms with Crippen molar-refractivity contribution in [1.29, 1.82) is 0 Å². The van der Waals surface area contributed by atoms with Gasteiger partial charge in [-0.3, -0.25) is 9.59 Å². The normalized spacial score (nSPS) is 10.8. The molecule has 0 spiro atoms. The molecule has 6 N–H and O–H groups in total. The minimum atomic E-state index is -0.453. The van der Waals surface area contributed by atoms with Crippen LogP contribution in [0.3, 0.4) is 0 Å². The Morgan fingerprint density at radius 2 is 1.64 bits per heavy atom. The zero-order valence-corrected chi connectivity index (χ0v) is 22.9. The fraction of sp³-hybridized carbons (Fsp3) is 0.357. The quantitative estimate of drug-likeness (QED) is 0.210. The first-order valence-corrected chi connectivity index (χ1v) is 13.3. The maximum absolute atomic E-state index is 12.3. The molecule has 1 heterocycles. The Hall–Kier alpha value is -3.89. The fourth-order valence-electron chi connectivity index (χ4n) is 3.74. The van der Waals surface area contributed by atoms with Crippen molar-refractivity contribution in [2.24, 2.45) is 0 Å². The highest BCUT2D eigenvalue weighted by Gasteiger charge is 2.15. The second kappa shape index (κ2) is 15.5. The standard InChI is InChI=1S/C28H36ClN7O3/c1-36(18-16-33-28(38)24-26(30)35-27(31)25(29)34-24)17-6-5-15-32-23(37)14-11-20-9-12-22(13-10-20)39-19-21-7-3-2-4-8-21/h2-4,7-10,12-13H,5-6,11,14-19H2,1H3,(H,32,37)(H,33,38)(H4,30,31,35). The lowest BCUT2D eigenvalue weighted by atomic mass is 10.1. The summed E-state index contributed by atoms with van der Waals surface area (Å²) in [7, 11) is 1.97. The third-order valence-corrected chi connectivity index (χ3v) is 6.28. The smallest absolute Gasteiger partial charge is 0.273 e. The average molecular weight is 554 g/mol. The van der Waals surface area contributed by atoms with Crippen LogP contribution in [0.15, 0.2) is 54.6 Å². The number of carbonyl (C=O) groups is 2. The topological polar surface area (TPSA) is 148 Å². The molecule has 3 rings (SSSR count). The van der Waals surface area contributed by atoms with Gasteiger partial charge in [0.05, 0.1) is 0 Å². The lowest BCUT2D eigenvalue weighted by Gasteiger charge is -2.17. The highest BCUT2D eigenvalue weighted by Crippen LogP contribution is 2.17. The first-order chi connectivity index (χ1) is 18.8. The summed E-state index contributed by atoms with van der Waals surface area (Å²) >= 11 is 5.82. The second-order valence-electron chi connectivity index (χ2n) is 9.17. The molecule has 10 nitrogen and oxygen atoms in total. The average Bonchev–Trinajstić information content (AvgIpc) is 2.93. The molecule has 0 aliphatic rings. The predicted molar refractivity (Wildman–Crippen MR) is 153 cm³/mol. The number of nitrogens with one attached hydrogen (secondary N) is 2. The molecule has 39 heavy (non-hydrogen) atoms. The Labute approximate surface area is 234 Å². The van der Waals surface area contributed by atoms with Crippen LogP contribution < -0.4 is 26.8 Å². The molecule has 1 aromatic heterocycles. The van der Waals surface area contributed by atoms with E-state index in [1.54, 1.807) is 0 Å². The molecule has 0 bridgehead atoms. The van der Waals surface area contributed by atoms with E-state index < -0.39 is 5.91 Å². The van der Waals surface area contributed by atoms with E-state index in [1.165, 1.54) is 0 Å². The maximum atomic E-state index is 12.3. The number of hydrogen-bond acceptors (Lipinski definition) is 8. The Kier molecular flexibility index (Phi) is 11.8. The number of aromatic nitrogens is 2. The van der Waals surface area contributed by atoms with E-state index in [4.69, 9.17) is 27.8 Å². The molecule has 2 aromatic carbocycles. The SMILES string of the molecule is CN(CCCCNC(=O)CCc1ccc(OCc2ccccc2)cc1)CCNC(=O)c1nc(Cl)c(N)nc1N. The number of aryl methyl sites for hydroxylation is 1. The van der Waals surface area contributed by atoms with Crippen molar-refractivity contribution in [1.82, 2.24) is 25.5 Å². The monoisotopic (exact) mass is 553 g/mol. The zero-order chi connectivity index (χ0) is 28.0. The van der Waals surface area contributed by atoms with Gasteiger partial charge in [-0.1, -0.05) is 54.1 Å². The number of rotatable bonds is 15. The van der Waals surface area contributed by atoms with Crippen LogP contribution in [0.25, 0.3) is 0 Å². The van der Waals surface area contributed by atoms with E-state index in [-0.39, 0.29) is 28.4 Å². The minimum absolute atomic E-state index is 0.0165. The van der Waals surface area contributed by atoms with Crippen molar-refractivity contribution in [2.75, 3.05) is 44.7 Å². The van der Waals surface area contributed by atoms with Gasteiger partial charge >= 0.3 is 0 Å². The lowest BCUT2D eigenvalue weighted by Crippen LogP contribution is -2.34. The van der Waals surface area contributed by atoms with E-state index in [0.717, 1.165) is 36.3 Å². The van der Waals surface area contributed by atoms with E-state index in [9.17, 15) is 9.59 Å². The molecule has 2 amide bonds. The highest BCUT2D eigenvalue weighted by atomic mass is 35.5. The molecule has 0 unspecified atom stereocenters. The summed E-state index contributed by atoms with van der Waals surface area (Å²) in [6.07, 6.45) is 2.91. The summed E-state index contributed by atoms with van der Waals surface area (Å²) in [6.45, 7) is 3.05. The number of nitrogens with two attached hydrogens (primary N) is 2. The number of anilines is 2. The van der Waals surface area contributed by atoms with Crippen molar-refractivity contribution in [3.63, 3.8) is 0 Å². The molecule has 3 aromatic rings. The van der Waals surface area contributed by atoms with Crippen LogP contribution in [0.5, 0.6) is 5.75 Å². The molecule has 0 saturated carbocycles. The molecule has 11 heteroatoms. The van der Waals surface area contributed by atoms with Crippen molar-refractivity contribution in [2.45, 2.75) is 32.3 Å². The number of amides is 2. The molecule has 0 atom stereocenters. The van der Waals surface area contributed by atoms with E-state index in [0.29, 0.717) is 39.1 Å². The number of halogens is 1. The summed E-state index contributed by atoms with van der Waals surface area (Å²) < 4.78 is 5.81. The van der Waals surface area contributed by atoms with Gasteiger partial charge in [0.25, 0.3) is 5.91 Å². The van der Waals surface area contributed by atoms with Gasteiger partial charge in [-0.15, -0.1) is 0 Å². The van der Waals surface area contributed by atoms with Gasteiger partial charge in [-0.2, -0.15) is 0 Å². The Morgan fingerprint density at radius 3 is 2.38 bits per heavy atom. The van der Waals surface area contributed by atoms with E-state index in [1.807, 2.05) is 61.6 Å². The van der Waals surface area contributed by atoms with Gasteiger partial charge in [-0.25, -0.2) is 9.97 Å². The summed E-state index contributed by atoms with van der Waals surface area (Å²) in [5, 5.41) is 5.68. The molecule has 0 aliphatic carbocycles. The van der Waals surface area contributed by atoms with Crippen LogP contribution in [-0.2, 0) is 17.8 Å². The molecule has 0 aliphatic heterocycles. The Morgan fingerprint density at radius 1 is 0.897 bits per heavy atom. The van der Waals surface area contributed by atoms with Gasteiger partial charge in [0.15, 0.2) is 22.5 Å². The minimum Gasteiger partial charge on any atom is -0.489 e. The molecule has 0 saturated heterocycles. The fourth-order valence-corrected chi connectivity index (χ4v) is 3.87. The molecular formula is C28H36ClN7O3. The second-order valence-corrected chi connectivity index (χ2v) is 9.53. The first kappa shape index (κ1) is 29.7. The van der Waals surface area contributed by atoms with Gasteiger partial charge < -0.3 is 31.7 Å². The van der Waals surface area contributed by atoms with Crippen LogP contribution in [0.2, 0.25) is 5.15 Å². The van der Waals surface area contributed by atoms with Crippen LogP contribution in [0, 0.1) is 0 Å². The van der Waals surface area contributed by atoms with Crippen molar-refractivity contribution in [3.05, 3.63) is 76.6 Å². The van der Waals surface area contributed by atoms with E-state index >= 15 is 0 Å². The van der Waals surface area contributed by atoms with Crippen molar-refractivity contribution >= 4 is 35.1 Å². The van der Waals surface area contributed by atoms with E-state index in [2.05, 4.69) is 25.5 Å². The number of ether oxygens (including phenoxy) is 1. The van der Waals surface area contributed by atoms with Crippen LogP contribution >= 0.6 is 11.6 Å². The molecule has 208 valence electrons. The largest absolute Gasteiger partial charge is 0.489 e. The third-order valence-electron chi connectivity index (χ3n) is 6.00. The number of hydrogen-bond donors (Lipinski definition) is 4. The summed E-state index contributed by atoms with van der Waals surface area (Å²) in [4.78, 5) is 34.3. The van der Waals surface area contributed by atoms with Crippen LogP contribution in [0.1, 0.15) is 40.9 Å². The number of nitrogen functional groups attached to an aromatic ring is 2. The summed E-state index contributed by atoms with van der Waals surface area (Å²) in [5.74, 6) is 0.320. The lowest BCUT2D eigenvalue weighted by molar-refractivity contribution is -0.121. The van der Waals surface area contributed by atoms with Crippen LogP contribution in [-0.4, -0.2) is 59.9 Å². The molecular weight excluding hydrogens is 518 g/mol. The first-order valence-electron chi connectivity index (χ1n) is 12.9. The predicted octanol–water partition coefficient (Wildman–Crippen LogP) is 3.06. The summed E-state index contributed by atoms with van der Waals surface area (Å²) in [5.41, 5.74) is 13.4. The summed E-state index contributed by atoms with van der Waals surface area (Å²) in [6, 6.07) is 17.9. The number of nitrogens with zero attached hydrogens (tertiary/aromatic N) is 3. The third kappa shape index (κ3) is 10.4. The Balaban J connectivity index is 1.22. The van der Waals surface area contributed by atoms with Gasteiger partial charge in [0, 0.05) is 26.1 Å². The number of benzene rings is 2. The number of unbranched alkanes of at least 4 members (excludes halogenated alkanes) is 1. The maximum Gasteiger partial charge on any atom is 0.273 e. The van der Waals surface area contributed by atoms with Crippen molar-refractivity contribution in [3.8, 4) is 5.75 Å². The zero-order valence-electron chi connectivity index (χ0n) is 22.2. The number of carbonyl (C=O) groups excluding carboxylic acids is 2. The van der Waals surface area contributed by atoms with Gasteiger partial charge in [0.1, 0.15) is 12.4 Å². The number of likely N-dealkylation sites (N-methyl/N-ethyl adjacent to an activating group) is 1. The Bertz CT molecular complexity index is 1210. The highest BCUT2D eigenvalue weighted by molar-refractivity contribution is 6.31. The van der Waals surface area contributed by atoms with Gasteiger partial charge in [-0.05, 0) is 56.1 Å². The van der Waals surface area contributed by atoms with Crippen LogP contribution in [0.4, 0.5) is 11.6 Å². The molecule has 0 radical (unpaired) electrons. The molecule has 0 fully saturated rings. The van der Waals surface area contributed by atoms with Crippen molar-refractivity contribution < 1.29 is 14.3 Å². The van der Waals surface area contributed by atoms with Gasteiger partial charge in [0.2, 0.25) is 5.91 Å².